The molecule has 0 saturated carbocycles. The molecule has 1 rings (SSSR count). The summed E-state index contributed by atoms with van der Waals surface area (Å²) < 4.78 is 2.13. The van der Waals surface area contributed by atoms with Gasteiger partial charge in [0.2, 0.25) is 0 Å². The first-order valence-corrected chi connectivity index (χ1v) is 6.86. The van der Waals surface area contributed by atoms with Crippen molar-refractivity contribution >= 4 is 11.8 Å². The van der Waals surface area contributed by atoms with Gasteiger partial charge in [0.25, 0.3) is 0 Å². The molecule has 2 atom stereocenters. The average Bonchev–Trinajstić information content (AvgIpc) is 2.77. The largest absolute Gasteiger partial charge is 0.334 e. The second kappa shape index (κ2) is 6.93. The van der Waals surface area contributed by atoms with E-state index in [2.05, 4.69) is 35.7 Å². The summed E-state index contributed by atoms with van der Waals surface area (Å²) in [6, 6.07) is 0.133. The summed E-state index contributed by atoms with van der Waals surface area (Å²) in [5, 5.41) is 0.667. The van der Waals surface area contributed by atoms with Gasteiger partial charge in [-0.15, -0.1) is 0 Å². The monoisotopic (exact) mass is 242 g/mol. The lowest BCUT2D eigenvalue weighted by Crippen LogP contribution is -2.32. The van der Waals surface area contributed by atoms with Crippen LogP contribution in [0.1, 0.15) is 39.1 Å². The van der Waals surface area contributed by atoms with E-state index >= 15 is 0 Å². The number of aromatic nitrogens is 2. The van der Waals surface area contributed by atoms with E-state index in [0.717, 1.165) is 18.1 Å². The molecule has 0 saturated heterocycles. The third kappa shape index (κ3) is 3.50. The van der Waals surface area contributed by atoms with Crippen LogP contribution in [0.25, 0.3) is 0 Å². The summed E-state index contributed by atoms with van der Waals surface area (Å²) in [4.78, 5) is 4.37. The molecule has 0 aliphatic rings. The van der Waals surface area contributed by atoms with Crippen molar-refractivity contribution in [1.82, 2.24) is 15.0 Å². The maximum atomic E-state index is 5.60. The summed E-state index contributed by atoms with van der Waals surface area (Å²) >= 11 is 1.93. The second-order valence-corrected chi connectivity index (χ2v) is 5.31. The molecule has 5 heteroatoms. The van der Waals surface area contributed by atoms with Crippen LogP contribution in [0.15, 0.2) is 12.4 Å². The lowest BCUT2D eigenvalue weighted by molar-refractivity contribution is 0.540. The lowest BCUT2D eigenvalue weighted by Gasteiger charge is -2.18. The van der Waals surface area contributed by atoms with E-state index < -0.39 is 0 Å². The maximum Gasteiger partial charge on any atom is 0.128 e. The summed E-state index contributed by atoms with van der Waals surface area (Å²) in [6.07, 6.45) is 5.01. The van der Waals surface area contributed by atoms with Crippen molar-refractivity contribution in [1.29, 1.82) is 0 Å². The Morgan fingerprint density at radius 2 is 2.31 bits per heavy atom. The third-order valence-corrected chi connectivity index (χ3v) is 4.15. The number of hydrazine groups is 1. The smallest absolute Gasteiger partial charge is 0.128 e. The van der Waals surface area contributed by atoms with Gasteiger partial charge in [-0.2, -0.15) is 11.8 Å². The Kier molecular flexibility index (Phi) is 5.87. The van der Waals surface area contributed by atoms with Crippen molar-refractivity contribution in [3.8, 4) is 0 Å². The number of hydrogen-bond acceptors (Lipinski definition) is 4. The molecule has 0 aromatic carbocycles. The van der Waals surface area contributed by atoms with Gasteiger partial charge in [0.15, 0.2) is 0 Å². The van der Waals surface area contributed by atoms with Crippen molar-refractivity contribution < 1.29 is 0 Å². The number of nitrogens with one attached hydrogen (secondary N) is 1. The van der Waals surface area contributed by atoms with Gasteiger partial charge >= 0.3 is 0 Å². The summed E-state index contributed by atoms with van der Waals surface area (Å²) in [7, 11) is 0. The first kappa shape index (κ1) is 13.5. The highest BCUT2D eigenvalue weighted by Gasteiger charge is 2.16. The molecule has 0 radical (unpaired) electrons. The zero-order valence-electron chi connectivity index (χ0n) is 10.3. The Morgan fingerprint density at radius 3 is 2.88 bits per heavy atom. The van der Waals surface area contributed by atoms with E-state index in [1.807, 2.05) is 24.2 Å². The van der Waals surface area contributed by atoms with Gasteiger partial charge in [-0.3, -0.25) is 5.84 Å². The molecule has 0 aliphatic heterocycles. The topological polar surface area (TPSA) is 55.9 Å². The van der Waals surface area contributed by atoms with Gasteiger partial charge in [0.1, 0.15) is 5.82 Å². The van der Waals surface area contributed by atoms with Crippen molar-refractivity contribution in [3.63, 3.8) is 0 Å². The molecule has 1 aromatic heterocycles. The number of thioether (sulfide) groups is 1. The minimum atomic E-state index is 0.133. The highest BCUT2D eigenvalue weighted by Crippen LogP contribution is 2.21. The van der Waals surface area contributed by atoms with Crippen LogP contribution < -0.4 is 11.3 Å². The van der Waals surface area contributed by atoms with E-state index in [4.69, 9.17) is 5.84 Å². The van der Waals surface area contributed by atoms with Gasteiger partial charge in [0, 0.05) is 29.9 Å². The second-order valence-electron chi connectivity index (χ2n) is 3.84. The third-order valence-electron chi connectivity index (χ3n) is 2.72. The number of nitrogens with zero attached hydrogens (tertiary/aromatic N) is 2. The highest BCUT2D eigenvalue weighted by atomic mass is 32.2. The van der Waals surface area contributed by atoms with Gasteiger partial charge in [-0.25, -0.2) is 10.4 Å². The number of imidazole rings is 1. The van der Waals surface area contributed by atoms with Crippen molar-refractivity contribution in [3.05, 3.63) is 18.2 Å². The van der Waals surface area contributed by atoms with Crippen LogP contribution in [-0.2, 0) is 6.54 Å². The van der Waals surface area contributed by atoms with Crippen LogP contribution in [0.4, 0.5) is 0 Å². The molecular formula is C11H22N4S. The number of nitrogens with two attached hydrogens (primary N) is 1. The fraction of sp³-hybridized carbons (Fsp3) is 0.727. The highest BCUT2D eigenvalue weighted by molar-refractivity contribution is 7.99. The molecule has 16 heavy (non-hydrogen) atoms. The van der Waals surface area contributed by atoms with Crippen molar-refractivity contribution in [2.75, 3.05) is 5.75 Å². The molecule has 1 heterocycles. The average molecular weight is 242 g/mol. The minimum Gasteiger partial charge on any atom is -0.334 e. The van der Waals surface area contributed by atoms with Crippen LogP contribution in [0.2, 0.25) is 0 Å². The molecule has 4 nitrogen and oxygen atoms in total. The molecule has 0 fully saturated rings. The molecule has 3 N–H and O–H groups in total. The first-order valence-electron chi connectivity index (χ1n) is 5.81. The zero-order chi connectivity index (χ0) is 12.0. The predicted molar refractivity (Wildman–Crippen MR) is 70.2 cm³/mol. The van der Waals surface area contributed by atoms with Gasteiger partial charge in [0.05, 0.1) is 6.04 Å². The Hall–Kier alpha value is -0.520. The van der Waals surface area contributed by atoms with Crippen molar-refractivity contribution in [2.45, 2.75) is 45.0 Å². The Morgan fingerprint density at radius 1 is 1.56 bits per heavy atom. The molecule has 1 aromatic rings. The van der Waals surface area contributed by atoms with Crippen LogP contribution in [0.3, 0.4) is 0 Å². The lowest BCUT2D eigenvalue weighted by atomic mass is 10.3. The Labute approximate surface area is 102 Å². The van der Waals surface area contributed by atoms with E-state index in [1.54, 1.807) is 0 Å². The van der Waals surface area contributed by atoms with Gasteiger partial charge in [-0.05, 0) is 13.3 Å². The van der Waals surface area contributed by atoms with E-state index in [9.17, 15) is 0 Å². The zero-order valence-corrected chi connectivity index (χ0v) is 11.1. The number of rotatable bonds is 7. The normalized spacial score (nSPS) is 15.0. The van der Waals surface area contributed by atoms with Gasteiger partial charge < -0.3 is 4.57 Å². The summed E-state index contributed by atoms with van der Waals surface area (Å²) in [5.74, 6) is 7.59. The maximum absolute atomic E-state index is 5.60. The molecular weight excluding hydrogens is 220 g/mol. The Balaban J connectivity index is 2.60. The SMILES string of the molecule is CCC(C)SCC(NN)c1nccn1CC. The minimum absolute atomic E-state index is 0.133. The van der Waals surface area contributed by atoms with Crippen LogP contribution in [-0.4, -0.2) is 20.6 Å². The molecule has 0 aliphatic carbocycles. The summed E-state index contributed by atoms with van der Waals surface area (Å²) in [5.41, 5.74) is 2.85. The van der Waals surface area contributed by atoms with E-state index in [1.165, 1.54) is 6.42 Å². The quantitative estimate of drug-likeness (QED) is 0.567. The molecule has 0 amide bonds. The number of hydrogen-bond donors (Lipinski definition) is 2. The molecule has 0 bridgehead atoms. The molecule has 92 valence electrons. The van der Waals surface area contributed by atoms with Crippen LogP contribution >= 0.6 is 11.8 Å². The predicted octanol–water partition coefficient (Wildman–Crippen LogP) is 1.94. The number of aryl methyl sites for hydroxylation is 1. The fourth-order valence-corrected chi connectivity index (χ4v) is 2.48. The molecule has 2 unspecified atom stereocenters. The fourth-order valence-electron chi connectivity index (χ4n) is 1.47. The van der Waals surface area contributed by atoms with Crippen LogP contribution in [0, 0.1) is 0 Å². The van der Waals surface area contributed by atoms with E-state index in [-0.39, 0.29) is 6.04 Å². The standard InChI is InChI=1S/C11H22N4S/c1-4-9(3)16-8-10(14-12)11-13-6-7-15(11)5-2/h6-7,9-10,14H,4-5,8,12H2,1-3H3. The van der Waals surface area contributed by atoms with Crippen LogP contribution in [0.5, 0.6) is 0 Å². The van der Waals surface area contributed by atoms with E-state index in [0.29, 0.717) is 5.25 Å². The van der Waals surface area contributed by atoms with Gasteiger partial charge in [-0.1, -0.05) is 13.8 Å². The molecule has 0 spiro atoms. The van der Waals surface area contributed by atoms with Crippen molar-refractivity contribution in [2.24, 2.45) is 5.84 Å². The first-order chi connectivity index (χ1) is 7.72. The summed E-state index contributed by atoms with van der Waals surface area (Å²) in [6.45, 7) is 7.49. The Bertz CT molecular complexity index is 300.